The molecular formula is C15H20BrClO. The van der Waals surface area contributed by atoms with E-state index in [0.29, 0.717) is 24.0 Å². The van der Waals surface area contributed by atoms with Crippen molar-refractivity contribution in [2.75, 3.05) is 5.88 Å². The minimum atomic E-state index is 0.409. The van der Waals surface area contributed by atoms with Crippen LogP contribution in [0.2, 0.25) is 0 Å². The molecule has 0 N–H and O–H groups in total. The Balaban J connectivity index is 1.91. The lowest BCUT2D eigenvalue weighted by molar-refractivity contribution is 0.0426. The Bertz CT molecular complexity index is 383. The van der Waals surface area contributed by atoms with E-state index in [1.807, 2.05) is 6.07 Å². The maximum absolute atomic E-state index is 6.11. The maximum atomic E-state index is 6.11. The van der Waals surface area contributed by atoms with E-state index in [2.05, 4.69) is 41.1 Å². The second kappa shape index (κ2) is 6.93. The van der Waals surface area contributed by atoms with Gasteiger partial charge >= 0.3 is 0 Å². The average Bonchev–Trinajstić information content (AvgIpc) is 2.76. The van der Waals surface area contributed by atoms with Crippen molar-refractivity contribution in [3.63, 3.8) is 0 Å². The van der Waals surface area contributed by atoms with Gasteiger partial charge in [0.1, 0.15) is 0 Å². The van der Waals surface area contributed by atoms with Crippen molar-refractivity contribution < 1.29 is 4.74 Å². The van der Waals surface area contributed by atoms with Crippen LogP contribution in [-0.4, -0.2) is 18.1 Å². The van der Waals surface area contributed by atoms with Gasteiger partial charge in [-0.1, -0.05) is 34.1 Å². The summed E-state index contributed by atoms with van der Waals surface area (Å²) in [7, 11) is 0. The van der Waals surface area contributed by atoms with E-state index in [4.69, 9.17) is 16.3 Å². The van der Waals surface area contributed by atoms with Crippen molar-refractivity contribution in [2.24, 2.45) is 5.92 Å². The number of hydrogen-bond donors (Lipinski definition) is 0. The van der Waals surface area contributed by atoms with Gasteiger partial charge in [0.25, 0.3) is 0 Å². The quantitative estimate of drug-likeness (QED) is 0.704. The summed E-state index contributed by atoms with van der Waals surface area (Å²) in [6, 6.07) is 8.39. The molecule has 1 aromatic rings. The van der Waals surface area contributed by atoms with Crippen molar-refractivity contribution in [3.05, 3.63) is 34.3 Å². The standard InChI is InChI=1S/C15H20BrClO/c1-11-6-7-14(18-11)9-12(10-17)8-13-4-2-3-5-15(13)16/h2-5,11-12,14H,6-10H2,1H3. The summed E-state index contributed by atoms with van der Waals surface area (Å²) in [4.78, 5) is 0. The zero-order chi connectivity index (χ0) is 13.0. The van der Waals surface area contributed by atoms with E-state index in [0.717, 1.165) is 12.8 Å². The molecule has 1 heterocycles. The van der Waals surface area contributed by atoms with Crippen LogP contribution in [0.1, 0.15) is 31.7 Å². The second-order valence-electron chi connectivity index (χ2n) is 5.20. The van der Waals surface area contributed by atoms with Crippen LogP contribution in [0, 0.1) is 5.92 Å². The molecule has 18 heavy (non-hydrogen) atoms. The van der Waals surface area contributed by atoms with Crippen LogP contribution in [0.25, 0.3) is 0 Å². The summed E-state index contributed by atoms with van der Waals surface area (Å²) in [5.74, 6) is 1.20. The summed E-state index contributed by atoms with van der Waals surface area (Å²) < 4.78 is 7.07. The lowest BCUT2D eigenvalue weighted by Crippen LogP contribution is -2.17. The first-order valence-electron chi connectivity index (χ1n) is 6.64. The van der Waals surface area contributed by atoms with Crippen molar-refractivity contribution in [3.8, 4) is 0 Å². The third-order valence-electron chi connectivity index (χ3n) is 3.60. The highest BCUT2D eigenvalue weighted by molar-refractivity contribution is 9.10. The van der Waals surface area contributed by atoms with Crippen LogP contribution in [0.15, 0.2) is 28.7 Å². The Morgan fingerprint density at radius 3 is 2.78 bits per heavy atom. The molecule has 0 aliphatic carbocycles. The van der Waals surface area contributed by atoms with Crippen LogP contribution < -0.4 is 0 Å². The van der Waals surface area contributed by atoms with E-state index in [-0.39, 0.29) is 0 Å². The van der Waals surface area contributed by atoms with Gasteiger partial charge < -0.3 is 4.74 Å². The van der Waals surface area contributed by atoms with Gasteiger partial charge in [-0.2, -0.15) is 0 Å². The average molecular weight is 332 g/mol. The third kappa shape index (κ3) is 3.97. The van der Waals surface area contributed by atoms with E-state index in [9.17, 15) is 0 Å². The van der Waals surface area contributed by atoms with Crippen molar-refractivity contribution in [1.29, 1.82) is 0 Å². The van der Waals surface area contributed by atoms with Gasteiger partial charge in [-0.3, -0.25) is 0 Å². The van der Waals surface area contributed by atoms with Crippen molar-refractivity contribution in [1.82, 2.24) is 0 Å². The summed E-state index contributed by atoms with van der Waals surface area (Å²) in [5.41, 5.74) is 1.34. The molecule has 1 aromatic carbocycles. The predicted molar refractivity (Wildman–Crippen MR) is 80.2 cm³/mol. The highest BCUT2D eigenvalue weighted by Gasteiger charge is 2.25. The predicted octanol–water partition coefficient (Wildman–Crippen LogP) is 4.80. The normalized spacial score (nSPS) is 25.3. The van der Waals surface area contributed by atoms with Crippen LogP contribution in [0.5, 0.6) is 0 Å². The Morgan fingerprint density at radius 2 is 2.17 bits per heavy atom. The molecule has 1 aliphatic rings. The third-order valence-corrected chi connectivity index (χ3v) is 4.81. The van der Waals surface area contributed by atoms with Gasteiger partial charge in [0.05, 0.1) is 12.2 Å². The minimum Gasteiger partial charge on any atom is -0.375 e. The number of alkyl halides is 1. The SMILES string of the molecule is CC1CCC(CC(CCl)Cc2ccccc2Br)O1. The Morgan fingerprint density at radius 1 is 1.39 bits per heavy atom. The maximum Gasteiger partial charge on any atom is 0.0582 e. The molecule has 3 heteroatoms. The van der Waals surface area contributed by atoms with Crippen LogP contribution >= 0.6 is 27.5 Å². The van der Waals surface area contributed by atoms with Gasteiger partial charge in [0.15, 0.2) is 0 Å². The zero-order valence-electron chi connectivity index (χ0n) is 10.7. The highest BCUT2D eigenvalue weighted by atomic mass is 79.9. The molecule has 0 amide bonds. The molecule has 0 bridgehead atoms. The molecule has 0 radical (unpaired) electrons. The number of hydrogen-bond acceptors (Lipinski definition) is 1. The molecule has 0 saturated carbocycles. The molecule has 0 aromatic heterocycles. The fourth-order valence-corrected chi connectivity index (χ4v) is 3.29. The number of benzene rings is 1. The number of rotatable bonds is 5. The second-order valence-corrected chi connectivity index (χ2v) is 6.36. The number of ether oxygens (including phenoxy) is 1. The first-order valence-corrected chi connectivity index (χ1v) is 7.96. The van der Waals surface area contributed by atoms with Crippen LogP contribution in [-0.2, 0) is 11.2 Å². The first-order chi connectivity index (χ1) is 8.69. The topological polar surface area (TPSA) is 9.23 Å². The number of halogens is 2. The van der Waals surface area contributed by atoms with Crippen molar-refractivity contribution in [2.45, 2.75) is 44.8 Å². The van der Waals surface area contributed by atoms with Crippen molar-refractivity contribution >= 4 is 27.5 Å². The lowest BCUT2D eigenvalue weighted by atomic mass is 9.94. The first kappa shape index (κ1) is 14.4. The molecule has 1 saturated heterocycles. The van der Waals surface area contributed by atoms with Crippen LogP contribution in [0.4, 0.5) is 0 Å². The van der Waals surface area contributed by atoms with Gasteiger partial charge in [-0.15, -0.1) is 11.6 Å². The molecule has 100 valence electrons. The molecular weight excluding hydrogens is 312 g/mol. The summed E-state index contributed by atoms with van der Waals surface area (Å²) >= 11 is 9.72. The Kier molecular flexibility index (Phi) is 5.53. The summed E-state index contributed by atoms with van der Waals surface area (Å²) in [6.45, 7) is 2.16. The van der Waals surface area contributed by atoms with E-state index < -0.39 is 0 Å². The summed E-state index contributed by atoms with van der Waals surface area (Å²) in [6.07, 6.45) is 5.31. The zero-order valence-corrected chi connectivity index (χ0v) is 13.1. The fraction of sp³-hybridized carbons (Fsp3) is 0.600. The van der Waals surface area contributed by atoms with Gasteiger partial charge in [-0.25, -0.2) is 0 Å². The lowest BCUT2D eigenvalue weighted by Gasteiger charge is -2.19. The van der Waals surface area contributed by atoms with E-state index >= 15 is 0 Å². The Hall–Kier alpha value is -0.0500. The molecule has 1 nitrogen and oxygen atoms in total. The van der Waals surface area contributed by atoms with Gasteiger partial charge in [0.2, 0.25) is 0 Å². The largest absolute Gasteiger partial charge is 0.375 e. The highest BCUT2D eigenvalue weighted by Crippen LogP contribution is 2.28. The molecule has 0 spiro atoms. The van der Waals surface area contributed by atoms with Crippen LogP contribution in [0.3, 0.4) is 0 Å². The monoisotopic (exact) mass is 330 g/mol. The molecule has 3 unspecified atom stereocenters. The Labute approximate surface area is 123 Å². The smallest absolute Gasteiger partial charge is 0.0582 e. The molecule has 3 atom stereocenters. The molecule has 1 aliphatic heterocycles. The summed E-state index contributed by atoms with van der Waals surface area (Å²) in [5, 5.41) is 0. The van der Waals surface area contributed by atoms with E-state index in [1.54, 1.807) is 0 Å². The van der Waals surface area contributed by atoms with E-state index in [1.165, 1.54) is 22.9 Å². The molecule has 2 rings (SSSR count). The minimum absolute atomic E-state index is 0.409. The van der Waals surface area contributed by atoms with Gasteiger partial charge in [0, 0.05) is 10.4 Å². The van der Waals surface area contributed by atoms with Gasteiger partial charge in [-0.05, 0) is 50.2 Å². The molecule has 1 fully saturated rings. The fourth-order valence-electron chi connectivity index (χ4n) is 2.61.